The highest BCUT2D eigenvalue weighted by atomic mass is 32.1. The maximum Gasteiger partial charge on any atom is 0.305 e. The quantitative estimate of drug-likeness (QED) is 0.777. The maximum atomic E-state index is 12.5. The number of carbonyl (C=O) groups excluding carboxylic acids is 1. The molecule has 0 aliphatic heterocycles. The summed E-state index contributed by atoms with van der Waals surface area (Å²) in [6, 6.07) is 9.42. The summed E-state index contributed by atoms with van der Waals surface area (Å²) in [6.07, 6.45) is 4.52. The van der Waals surface area contributed by atoms with Gasteiger partial charge in [-0.15, -0.1) is 11.3 Å². The van der Waals surface area contributed by atoms with E-state index in [-0.39, 0.29) is 12.2 Å². The van der Waals surface area contributed by atoms with Crippen molar-refractivity contribution in [2.45, 2.75) is 38.1 Å². The average Bonchev–Trinajstić information content (AvgIpc) is 3.27. The fourth-order valence-corrected chi connectivity index (χ4v) is 4.01. The Bertz CT molecular complexity index is 708. The summed E-state index contributed by atoms with van der Waals surface area (Å²) in [5.41, 5.74) is 1.05. The molecular weight excluding hydrogens is 324 g/mol. The summed E-state index contributed by atoms with van der Waals surface area (Å²) in [5.74, 6) is -0.905. The molecule has 0 radical (unpaired) electrons. The van der Waals surface area contributed by atoms with Crippen LogP contribution in [-0.2, 0) is 4.79 Å². The molecule has 3 rings (SSSR count). The lowest BCUT2D eigenvalue weighted by atomic mass is 10.1. The molecule has 126 valence electrons. The van der Waals surface area contributed by atoms with Gasteiger partial charge in [-0.25, -0.2) is 4.98 Å². The summed E-state index contributed by atoms with van der Waals surface area (Å²) in [4.78, 5) is 30.0. The van der Waals surface area contributed by atoms with Gasteiger partial charge in [0, 0.05) is 23.5 Å². The molecule has 0 bridgehead atoms. The number of carbonyl (C=O) groups is 2. The number of hydrogen-bond acceptors (Lipinski definition) is 5. The number of hydrogen-bond donors (Lipinski definition) is 1. The molecule has 1 saturated carbocycles. The first kappa shape index (κ1) is 16.6. The Hall–Kier alpha value is -2.21. The molecular formula is C18H20N2O3S. The van der Waals surface area contributed by atoms with Gasteiger partial charge in [0.05, 0.1) is 6.42 Å². The van der Waals surface area contributed by atoms with E-state index in [4.69, 9.17) is 5.11 Å². The van der Waals surface area contributed by atoms with Gasteiger partial charge in [-0.3, -0.25) is 9.59 Å². The second-order valence-electron chi connectivity index (χ2n) is 5.99. The molecule has 1 heterocycles. The van der Waals surface area contributed by atoms with Crippen molar-refractivity contribution in [2.24, 2.45) is 0 Å². The summed E-state index contributed by atoms with van der Waals surface area (Å²) in [5, 5.41) is 11.5. The molecule has 1 aromatic heterocycles. The number of nitrogens with zero attached hydrogens (tertiary/aromatic N) is 2. The van der Waals surface area contributed by atoms with E-state index in [0.717, 1.165) is 30.8 Å². The van der Waals surface area contributed by atoms with Crippen LogP contribution in [0.25, 0.3) is 0 Å². The number of benzene rings is 1. The predicted molar refractivity (Wildman–Crippen MR) is 93.8 cm³/mol. The van der Waals surface area contributed by atoms with Crippen molar-refractivity contribution in [2.75, 3.05) is 11.4 Å². The Labute approximate surface area is 145 Å². The number of thiazole rings is 1. The van der Waals surface area contributed by atoms with Gasteiger partial charge in [-0.2, -0.15) is 0 Å². The largest absolute Gasteiger partial charge is 0.481 e. The first-order chi connectivity index (χ1) is 11.6. The van der Waals surface area contributed by atoms with Gasteiger partial charge in [0.25, 0.3) is 0 Å². The number of aliphatic carboxylic acids is 1. The lowest BCUT2D eigenvalue weighted by Gasteiger charge is -2.27. The lowest BCUT2D eigenvalue weighted by molar-refractivity contribution is -0.136. The number of ketones is 1. The lowest BCUT2D eigenvalue weighted by Crippen LogP contribution is -2.35. The molecule has 6 heteroatoms. The van der Waals surface area contributed by atoms with E-state index in [1.54, 1.807) is 17.5 Å². The van der Waals surface area contributed by atoms with Crippen molar-refractivity contribution in [3.63, 3.8) is 0 Å². The molecule has 0 amide bonds. The molecule has 1 N–H and O–H groups in total. The Morgan fingerprint density at radius 2 is 1.92 bits per heavy atom. The molecule has 0 atom stereocenters. The van der Waals surface area contributed by atoms with E-state index in [0.29, 0.717) is 23.8 Å². The fourth-order valence-electron chi connectivity index (χ4n) is 3.10. The van der Waals surface area contributed by atoms with Crippen molar-refractivity contribution >= 4 is 28.2 Å². The molecule has 5 nitrogen and oxygen atoms in total. The Balaban J connectivity index is 1.80. The standard InChI is InChI=1S/C18H20N2O3S/c21-16(22)10-11-20(14-8-4-5-9-14)18-19-15(12-24-18)17(23)13-6-2-1-3-7-13/h1-3,6-7,12,14H,4-5,8-11H2,(H,21,22). The van der Waals surface area contributed by atoms with Crippen LogP contribution < -0.4 is 4.90 Å². The number of aromatic nitrogens is 1. The maximum absolute atomic E-state index is 12.5. The van der Waals surface area contributed by atoms with Gasteiger partial charge in [0.15, 0.2) is 5.13 Å². The number of carboxylic acid groups (broad SMARTS) is 1. The summed E-state index contributed by atoms with van der Waals surface area (Å²) in [7, 11) is 0. The minimum Gasteiger partial charge on any atom is -0.481 e. The highest BCUT2D eigenvalue weighted by molar-refractivity contribution is 7.14. The van der Waals surface area contributed by atoms with Crippen LogP contribution in [0.3, 0.4) is 0 Å². The molecule has 1 aliphatic rings. The first-order valence-corrected chi connectivity index (χ1v) is 9.07. The monoisotopic (exact) mass is 344 g/mol. The van der Waals surface area contributed by atoms with Crippen LogP contribution in [0.15, 0.2) is 35.7 Å². The second-order valence-corrected chi connectivity index (χ2v) is 6.82. The van der Waals surface area contributed by atoms with Crippen LogP contribution in [0.5, 0.6) is 0 Å². The third-order valence-electron chi connectivity index (χ3n) is 4.34. The second kappa shape index (κ2) is 7.57. The van der Waals surface area contributed by atoms with E-state index in [1.807, 2.05) is 18.2 Å². The van der Waals surface area contributed by atoms with E-state index in [1.165, 1.54) is 11.3 Å². The van der Waals surface area contributed by atoms with E-state index < -0.39 is 5.97 Å². The molecule has 2 aromatic rings. The van der Waals surface area contributed by atoms with Crippen LogP contribution in [0.4, 0.5) is 5.13 Å². The average molecular weight is 344 g/mol. The Morgan fingerprint density at radius 1 is 1.21 bits per heavy atom. The molecule has 24 heavy (non-hydrogen) atoms. The van der Waals surface area contributed by atoms with Crippen LogP contribution in [0, 0.1) is 0 Å². The fraction of sp³-hybridized carbons (Fsp3) is 0.389. The van der Waals surface area contributed by atoms with Crippen molar-refractivity contribution < 1.29 is 14.7 Å². The minimum atomic E-state index is -0.810. The zero-order chi connectivity index (χ0) is 16.9. The van der Waals surface area contributed by atoms with Crippen LogP contribution in [0.2, 0.25) is 0 Å². The SMILES string of the molecule is O=C(O)CCN(c1nc(C(=O)c2ccccc2)cs1)C1CCCC1. The van der Waals surface area contributed by atoms with Gasteiger partial charge < -0.3 is 10.0 Å². The minimum absolute atomic E-state index is 0.0814. The van der Waals surface area contributed by atoms with Crippen molar-refractivity contribution in [3.8, 4) is 0 Å². The summed E-state index contributed by atoms with van der Waals surface area (Å²) < 4.78 is 0. The van der Waals surface area contributed by atoms with Gasteiger partial charge in [0.1, 0.15) is 5.69 Å². The van der Waals surface area contributed by atoms with E-state index in [9.17, 15) is 9.59 Å². The zero-order valence-corrected chi connectivity index (χ0v) is 14.2. The third kappa shape index (κ3) is 3.82. The Morgan fingerprint density at radius 3 is 2.58 bits per heavy atom. The highest BCUT2D eigenvalue weighted by Gasteiger charge is 2.26. The number of carboxylic acids is 1. The normalized spacial score (nSPS) is 14.7. The van der Waals surface area contributed by atoms with Gasteiger partial charge >= 0.3 is 5.97 Å². The van der Waals surface area contributed by atoms with Crippen LogP contribution >= 0.6 is 11.3 Å². The van der Waals surface area contributed by atoms with Crippen LogP contribution in [0.1, 0.15) is 48.2 Å². The summed E-state index contributed by atoms with van der Waals surface area (Å²) >= 11 is 1.42. The van der Waals surface area contributed by atoms with Crippen molar-refractivity contribution in [1.82, 2.24) is 4.98 Å². The molecule has 0 saturated heterocycles. The Kier molecular flexibility index (Phi) is 5.25. The van der Waals surface area contributed by atoms with Crippen molar-refractivity contribution in [1.29, 1.82) is 0 Å². The first-order valence-electron chi connectivity index (χ1n) is 8.19. The number of rotatable bonds is 7. The molecule has 0 spiro atoms. The summed E-state index contributed by atoms with van der Waals surface area (Å²) in [6.45, 7) is 0.437. The van der Waals surface area contributed by atoms with Gasteiger partial charge in [0.2, 0.25) is 5.78 Å². The van der Waals surface area contributed by atoms with Gasteiger partial charge in [-0.05, 0) is 12.8 Å². The highest BCUT2D eigenvalue weighted by Crippen LogP contribution is 2.31. The van der Waals surface area contributed by atoms with Crippen molar-refractivity contribution in [3.05, 3.63) is 47.0 Å². The van der Waals surface area contributed by atoms with Crippen LogP contribution in [-0.4, -0.2) is 34.4 Å². The molecule has 1 aromatic carbocycles. The van der Waals surface area contributed by atoms with Gasteiger partial charge in [-0.1, -0.05) is 43.2 Å². The molecule has 1 aliphatic carbocycles. The molecule has 1 fully saturated rings. The zero-order valence-electron chi connectivity index (χ0n) is 13.4. The predicted octanol–water partition coefficient (Wildman–Crippen LogP) is 3.60. The van der Waals surface area contributed by atoms with E-state index in [2.05, 4.69) is 9.88 Å². The smallest absolute Gasteiger partial charge is 0.305 e. The number of anilines is 1. The third-order valence-corrected chi connectivity index (χ3v) is 5.22. The topological polar surface area (TPSA) is 70.5 Å². The molecule has 0 unspecified atom stereocenters. The van der Waals surface area contributed by atoms with E-state index >= 15 is 0 Å².